The number of hydrogen-bond donors (Lipinski definition) is 2. The predicted molar refractivity (Wildman–Crippen MR) is 80.3 cm³/mol. The van der Waals surface area contributed by atoms with Crippen LogP contribution in [-0.4, -0.2) is 32.9 Å². The van der Waals surface area contributed by atoms with Gasteiger partial charge in [0.05, 0.1) is 5.69 Å². The van der Waals surface area contributed by atoms with E-state index in [1.54, 1.807) is 10.8 Å². The molecular weight excluding hydrogens is 254 g/mol. The molecule has 0 fully saturated rings. The summed E-state index contributed by atoms with van der Waals surface area (Å²) in [6, 6.07) is 0. The highest BCUT2D eigenvalue weighted by atomic mass is 16.3. The van der Waals surface area contributed by atoms with Crippen molar-refractivity contribution in [3.05, 3.63) is 23.0 Å². The maximum atomic E-state index is 12.0. The minimum absolute atomic E-state index is 0.0646. The van der Waals surface area contributed by atoms with Crippen molar-refractivity contribution in [3.8, 4) is 0 Å². The molecule has 0 bridgehead atoms. The number of nitrogens with one attached hydrogen (secondary N) is 1. The fraction of sp³-hybridized carbons (Fsp3) is 0.600. The number of amides is 1. The normalized spacial score (nSPS) is 14.5. The van der Waals surface area contributed by atoms with Gasteiger partial charge in [-0.1, -0.05) is 6.92 Å². The molecule has 5 nitrogen and oxygen atoms in total. The van der Waals surface area contributed by atoms with Crippen LogP contribution in [0.4, 0.5) is 0 Å². The summed E-state index contributed by atoms with van der Waals surface area (Å²) in [4.78, 5) is 12.0. The molecule has 1 aromatic rings. The van der Waals surface area contributed by atoms with Crippen molar-refractivity contribution in [1.29, 1.82) is 0 Å². The molecule has 5 heteroatoms. The van der Waals surface area contributed by atoms with Crippen LogP contribution in [0.25, 0.3) is 6.08 Å². The van der Waals surface area contributed by atoms with E-state index in [4.69, 9.17) is 5.11 Å². The first kappa shape index (κ1) is 16.4. The molecule has 0 spiro atoms. The van der Waals surface area contributed by atoms with Gasteiger partial charge < -0.3 is 10.4 Å². The number of aryl methyl sites for hydroxylation is 2. The maximum absolute atomic E-state index is 12.0. The van der Waals surface area contributed by atoms with Crippen LogP contribution in [0, 0.1) is 13.8 Å². The number of carbonyl (C=O) groups is 1. The van der Waals surface area contributed by atoms with E-state index in [9.17, 15) is 4.79 Å². The van der Waals surface area contributed by atoms with Crippen molar-refractivity contribution >= 4 is 12.0 Å². The average molecular weight is 279 g/mol. The van der Waals surface area contributed by atoms with E-state index in [0.717, 1.165) is 23.4 Å². The fourth-order valence-corrected chi connectivity index (χ4v) is 2.10. The van der Waals surface area contributed by atoms with Crippen molar-refractivity contribution in [2.75, 3.05) is 6.61 Å². The van der Waals surface area contributed by atoms with Crippen LogP contribution in [0.15, 0.2) is 6.08 Å². The first-order valence-electron chi connectivity index (χ1n) is 6.94. The lowest BCUT2D eigenvalue weighted by Crippen LogP contribution is -2.45. The molecule has 0 radical (unpaired) electrons. The molecule has 0 aliphatic heterocycles. The molecule has 0 saturated carbocycles. The zero-order chi connectivity index (χ0) is 15.3. The average Bonchev–Trinajstić information content (AvgIpc) is 2.61. The molecule has 0 aliphatic carbocycles. The Morgan fingerprint density at radius 2 is 2.15 bits per heavy atom. The smallest absolute Gasteiger partial charge is 0.244 e. The summed E-state index contributed by atoms with van der Waals surface area (Å²) in [5, 5.41) is 16.3. The Morgan fingerprint density at radius 1 is 1.50 bits per heavy atom. The number of carbonyl (C=O) groups excluding carboxylic acids is 1. The van der Waals surface area contributed by atoms with Crippen molar-refractivity contribution in [1.82, 2.24) is 15.1 Å². The van der Waals surface area contributed by atoms with E-state index in [1.807, 2.05) is 34.7 Å². The Balaban J connectivity index is 2.77. The van der Waals surface area contributed by atoms with E-state index in [1.165, 1.54) is 6.08 Å². The van der Waals surface area contributed by atoms with E-state index in [-0.39, 0.29) is 18.1 Å². The van der Waals surface area contributed by atoms with Crippen LogP contribution >= 0.6 is 0 Å². The van der Waals surface area contributed by atoms with Gasteiger partial charge in [0.1, 0.15) is 0 Å². The number of aliphatic hydroxyl groups excluding tert-OH is 1. The highest BCUT2D eigenvalue weighted by Crippen LogP contribution is 2.15. The lowest BCUT2D eigenvalue weighted by atomic mass is 9.95. The van der Waals surface area contributed by atoms with Gasteiger partial charge in [0.25, 0.3) is 0 Å². The minimum atomic E-state index is -0.366. The number of rotatable bonds is 6. The largest absolute Gasteiger partial charge is 0.396 e. The Hall–Kier alpha value is -1.62. The summed E-state index contributed by atoms with van der Waals surface area (Å²) in [6.45, 7) is 7.89. The molecule has 1 aromatic heterocycles. The summed E-state index contributed by atoms with van der Waals surface area (Å²) >= 11 is 0. The van der Waals surface area contributed by atoms with Crippen molar-refractivity contribution in [2.45, 2.75) is 46.1 Å². The number of nitrogens with zero attached hydrogens (tertiary/aromatic N) is 2. The van der Waals surface area contributed by atoms with E-state index >= 15 is 0 Å². The monoisotopic (exact) mass is 279 g/mol. The molecule has 0 aliphatic rings. The van der Waals surface area contributed by atoms with Crippen LogP contribution < -0.4 is 5.32 Å². The van der Waals surface area contributed by atoms with Gasteiger partial charge in [-0.15, -0.1) is 0 Å². The standard InChI is InChI=1S/C15H25N3O2/c1-6-15(4,9-10-19)16-14(20)8-7-13-11(2)17-18(5)12(13)3/h7-8,19H,6,9-10H2,1-5H3,(H,16,20)/b8-7+. The molecule has 0 aromatic carbocycles. The van der Waals surface area contributed by atoms with Crippen LogP contribution in [0.5, 0.6) is 0 Å². The second-order valence-electron chi connectivity index (χ2n) is 5.42. The molecule has 2 N–H and O–H groups in total. The Morgan fingerprint density at radius 3 is 2.60 bits per heavy atom. The highest BCUT2D eigenvalue weighted by molar-refractivity contribution is 5.92. The second-order valence-corrected chi connectivity index (χ2v) is 5.42. The van der Waals surface area contributed by atoms with Gasteiger partial charge in [0, 0.05) is 36.5 Å². The van der Waals surface area contributed by atoms with Crippen LogP contribution in [-0.2, 0) is 11.8 Å². The summed E-state index contributed by atoms with van der Waals surface area (Å²) in [5.74, 6) is -0.148. The first-order valence-corrected chi connectivity index (χ1v) is 6.94. The van der Waals surface area contributed by atoms with Gasteiger partial charge in [0.15, 0.2) is 0 Å². The lowest BCUT2D eigenvalue weighted by Gasteiger charge is -2.28. The molecule has 1 heterocycles. The van der Waals surface area contributed by atoms with Gasteiger partial charge in [0.2, 0.25) is 5.91 Å². The van der Waals surface area contributed by atoms with E-state index in [2.05, 4.69) is 10.4 Å². The van der Waals surface area contributed by atoms with E-state index in [0.29, 0.717) is 6.42 Å². The molecule has 1 atom stereocenters. The number of hydrogen-bond acceptors (Lipinski definition) is 3. The molecule has 1 rings (SSSR count). The van der Waals surface area contributed by atoms with Gasteiger partial charge in [-0.05, 0) is 39.7 Å². The van der Waals surface area contributed by atoms with Gasteiger partial charge in [-0.25, -0.2) is 0 Å². The molecule has 112 valence electrons. The Bertz CT molecular complexity index is 505. The topological polar surface area (TPSA) is 67.2 Å². The Labute approximate surface area is 120 Å². The molecule has 20 heavy (non-hydrogen) atoms. The zero-order valence-electron chi connectivity index (χ0n) is 13.0. The predicted octanol–water partition coefficient (Wildman–Crippen LogP) is 1.72. The number of aromatic nitrogens is 2. The summed E-state index contributed by atoms with van der Waals surface area (Å²) in [6.07, 6.45) is 4.65. The SMILES string of the molecule is CCC(C)(CCO)NC(=O)/C=C/c1c(C)nn(C)c1C. The minimum Gasteiger partial charge on any atom is -0.396 e. The van der Waals surface area contributed by atoms with Gasteiger partial charge in [-0.3, -0.25) is 9.48 Å². The second kappa shape index (κ2) is 6.70. The molecular formula is C15H25N3O2. The van der Waals surface area contributed by atoms with Gasteiger partial charge in [-0.2, -0.15) is 5.10 Å². The highest BCUT2D eigenvalue weighted by Gasteiger charge is 2.22. The van der Waals surface area contributed by atoms with Gasteiger partial charge >= 0.3 is 0 Å². The number of aliphatic hydroxyl groups is 1. The van der Waals surface area contributed by atoms with E-state index < -0.39 is 0 Å². The molecule has 0 saturated heterocycles. The van der Waals surface area contributed by atoms with Crippen molar-refractivity contribution in [3.63, 3.8) is 0 Å². The van der Waals surface area contributed by atoms with Crippen molar-refractivity contribution < 1.29 is 9.90 Å². The van der Waals surface area contributed by atoms with Crippen LogP contribution in [0.2, 0.25) is 0 Å². The summed E-state index contributed by atoms with van der Waals surface area (Å²) < 4.78 is 1.80. The molecule has 1 amide bonds. The van der Waals surface area contributed by atoms with Crippen LogP contribution in [0.3, 0.4) is 0 Å². The third-order valence-corrected chi connectivity index (χ3v) is 3.84. The first-order chi connectivity index (χ1) is 9.33. The zero-order valence-corrected chi connectivity index (χ0v) is 13.0. The summed E-state index contributed by atoms with van der Waals surface area (Å²) in [5.41, 5.74) is 2.54. The Kier molecular flexibility index (Phi) is 5.51. The van der Waals surface area contributed by atoms with Crippen molar-refractivity contribution in [2.24, 2.45) is 7.05 Å². The maximum Gasteiger partial charge on any atom is 0.244 e. The fourth-order valence-electron chi connectivity index (χ4n) is 2.10. The summed E-state index contributed by atoms with van der Waals surface area (Å²) in [7, 11) is 1.88. The lowest BCUT2D eigenvalue weighted by molar-refractivity contribution is -0.118. The third-order valence-electron chi connectivity index (χ3n) is 3.84. The van der Waals surface area contributed by atoms with Crippen LogP contribution in [0.1, 0.15) is 43.6 Å². The third kappa shape index (κ3) is 3.93. The quantitative estimate of drug-likeness (QED) is 0.779. The molecule has 1 unspecified atom stereocenters.